The fraction of sp³-hybridized carbons (Fsp3) is 0.267. The van der Waals surface area contributed by atoms with E-state index >= 15 is 0 Å². The van der Waals surface area contributed by atoms with Crippen LogP contribution in [0.15, 0.2) is 30.5 Å². The van der Waals surface area contributed by atoms with Gasteiger partial charge in [-0.15, -0.1) is 0 Å². The molecule has 0 aliphatic carbocycles. The Hall–Kier alpha value is -2.83. The third-order valence-corrected chi connectivity index (χ3v) is 2.82. The summed E-state index contributed by atoms with van der Waals surface area (Å²) in [7, 11) is 1.51. The van der Waals surface area contributed by atoms with Crippen molar-refractivity contribution in [1.29, 1.82) is 0 Å². The van der Waals surface area contributed by atoms with Crippen molar-refractivity contribution in [2.24, 2.45) is 0 Å². The van der Waals surface area contributed by atoms with Crippen LogP contribution < -0.4 is 21.1 Å². The molecule has 116 valence electrons. The number of nitrogens with two attached hydrogens (primary N) is 1. The topological polar surface area (TPSA) is 102 Å². The summed E-state index contributed by atoms with van der Waals surface area (Å²) in [6.07, 6.45) is 1.53. The molecule has 1 aromatic heterocycles. The van der Waals surface area contributed by atoms with Crippen LogP contribution in [0.25, 0.3) is 11.4 Å². The summed E-state index contributed by atoms with van der Waals surface area (Å²) in [5, 5.41) is 5.50. The number of nitrogen functional groups attached to an aromatic ring is 1. The van der Waals surface area contributed by atoms with E-state index in [1.807, 2.05) is 26.0 Å². The standard InChI is InChI=1S/C15H19N5O2/c1-9(2)18-15(21)19-11-6-4-10(5-7-11)14-17-8-12(22-3)13(16)20-14/h4-9H,1-3H3,(H2,16,17,20)(H2,18,19,21). The number of carbonyl (C=O) groups excluding carboxylic acids is 1. The molecule has 0 aliphatic rings. The Bertz CT molecular complexity index is 655. The predicted molar refractivity (Wildman–Crippen MR) is 85.7 cm³/mol. The minimum absolute atomic E-state index is 0.0787. The monoisotopic (exact) mass is 301 g/mol. The Morgan fingerprint density at radius 2 is 1.95 bits per heavy atom. The third-order valence-electron chi connectivity index (χ3n) is 2.82. The summed E-state index contributed by atoms with van der Waals surface area (Å²) in [6.45, 7) is 3.79. The molecule has 0 radical (unpaired) electrons. The minimum Gasteiger partial charge on any atom is -0.491 e. The number of benzene rings is 1. The summed E-state index contributed by atoms with van der Waals surface area (Å²) in [4.78, 5) is 20.0. The summed E-state index contributed by atoms with van der Waals surface area (Å²) in [5.74, 6) is 1.22. The number of ether oxygens (including phenoxy) is 1. The van der Waals surface area contributed by atoms with Crippen LogP contribution in [0, 0.1) is 0 Å². The molecule has 0 fully saturated rings. The lowest BCUT2D eigenvalue weighted by atomic mass is 10.2. The number of amides is 2. The van der Waals surface area contributed by atoms with Crippen molar-refractivity contribution >= 4 is 17.5 Å². The maximum absolute atomic E-state index is 11.6. The van der Waals surface area contributed by atoms with Gasteiger partial charge in [-0.2, -0.15) is 0 Å². The van der Waals surface area contributed by atoms with Gasteiger partial charge in [0.15, 0.2) is 17.4 Å². The summed E-state index contributed by atoms with van der Waals surface area (Å²) >= 11 is 0. The van der Waals surface area contributed by atoms with E-state index in [1.165, 1.54) is 13.3 Å². The van der Waals surface area contributed by atoms with E-state index < -0.39 is 0 Å². The van der Waals surface area contributed by atoms with E-state index in [0.29, 0.717) is 17.3 Å². The normalized spacial score (nSPS) is 10.4. The number of urea groups is 1. The molecule has 0 unspecified atom stereocenters. The molecular weight excluding hydrogens is 282 g/mol. The second kappa shape index (κ2) is 6.75. The molecule has 2 amide bonds. The number of aromatic nitrogens is 2. The summed E-state index contributed by atoms with van der Waals surface area (Å²) < 4.78 is 5.03. The van der Waals surface area contributed by atoms with Gasteiger partial charge in [-0.1, -0.05) is 0 Å². The fourth-order valence-electron chi connectivity index (χ4n) is 1.81. The number of rotatable bonds is 4. The van der Waals surface area contributed by atoms with Crippen LogP contribution >= 0.6 is 0 Å². The van der Waals surface area contributed by atoms with Gasteiger partial charge in [-0.3, -0.25) is 0 Å². The van der Waals surface area contributed by atoms with Crippen LogP contribution in [-0.2, 0) is 0 Å². The molecule has 0 saturated heterocycles. The molecule has 0 spiro atoms. The number of anilines is 2. The SMILES string of the molecule is COc1cnc(-c2ccc(NC(=O)NC(C)C)cc2)nc1N. The van der Waals surface area contributed by atoms with E-state index in [0.717, 1.165) is 5.56 Å². The van der Waals surface area contributed by atoms with E-state index in [1.54, 1.807) is 12.1 Å². The first-order chi connectivity index (χ1) is 10.5. The lowest BCUT2D eigenvalue weighted by Gasteiger charge is -2.10. The zero-order valence-corrected chi connectivity index (χ0v) is 12.8. The van der Waals surface area contributed by atoms with Gasteiger partial charge in [-0.25, -0.2) is 14.8 Å². The Morgan fingerprint density at radius 3 is 2.50 bits per heavy atom. The molecule has 7 nitrogen and oxygen atoms in total. The van der Waals surface area contributed by atoms with Crippen LogP contribution in [0.2, 0.25) is 0 Å². The molecule has 0 aliphatic heterocycles. The van der Waals surface area contributed by atoms with Crippen molar-refractivity contribution in [2.45, 2.75) is 19.9 Å². The smallest absolute Gasteiger partial charge is 0.319 e. The first kappa shape index (κ1) is 15.6. The average Bonchev–Trinajstić information content (AvgIpc) is 2.47. The Morgan fingerprint density at radius 1 is 1.27 bits per heavy atom. The van der Waals surface area contributed by atoms with Crippen molar-refractivity contribution in [3.05, 3.63) is 30.5 Å². The molecule has 1 heterocycles. The first-order valence-corrected chi connectivity index (χ1v) is 6.84. The van der Waals surface area contributed by atoms with Gasteiger partial charge in [0.05, 0.1) is 13.3 Å². The van der Waals surface area contributed by atoms with Crippen LogP contribution in [-0.4, -0.2) is 29.2 Å². The molecule has 2 aromatic rings. The number of methoxy groups -OCH3 is 1. The molecule has 0 bridgehead atoms. The van der Waals surface area contributed by atoms with Crippen molar-refractivity contribution in [3.8, 4) is 17.1 Å². The van der Waals surface area contributed by atoms with Gasteiger partial charge in [0.2, 0.25) is 0 Å². The van der Waals surface area contributed by atoms with Crippen molar-refractivity contribution in [3.63, 3.8) is 0 Å². The van der Waals surface area contributed by atoms with Crippen LogP contribution in [0.1, 0.15) is 13.8 Å². The molecule has 0 atom stereocenters. The maximum Gasteiger partial charge on any atom is 0.319 e. The van der Waals surface area contributed by atoms with E-state index in [2.05, 4.69) is 20.6 Å². The molecule has 7 heteroatoms. The highest BCUT2D eigenvalue weighted by Crippen LogP contribution is 2.23. The van der Waals surface area contributed by atoms with E-state index in [9.17, 15) is 4.79 Å². The zero-order chi connectivity index (χ0) is 16.1. The number of hydrogen-bond donors (Lipinski definition) is 3. The quantitative estimate of drug-likeness (QED) is 0.804. The minimum atomic E-state index is -0.243. The Balaban J connectivity index is 2.11. The number of nitrogens with zero attached hydrogens (tertiary/aromatic N) is 2. The molecule has 2 rings (SSSR count). The van der Waals surface area contributed by atoms with Crippen molar-refractivity contribution in [1.82, 2.24) is 15.3 Å². The second-order valence-corrected chi connectivity index (χ2v) is 4.98. The van der Waals surface area contributed by atoms with Gasteiger partial charge in [0.1, 0.15) is 0 Å². The molecule has 0 saturated carbocycles. The molecule has 4 N–H and O–H groups in total. The van der Waals surface area contributed by atoms with Crippen LogP contribution in [0.3, 0.4) is 0 Å². The van der Waals surface area contributed by atoms with E-state index in [4.69, 9.17) is 10.5 Å². The first-order valence-electron chi connectivity index (χ1n) is 6.84. The highest BCUT2D eigenvalue weighted by Gasteiger charge is 2.07. The Kier molecular flexibility index (Phi) is 4.77. The highest BCUT2D eigenvalue weighted by molar-refractivity contribution is 5.89. The summed E-state index contributed by atoms with van der Waals surface area (Å²) in [6, 6.07) is 7.01. The van der Waals surface area contributed by atoms with Gasteiger partial charge < -0.3 is 21.1 Å². The number of hydrogen-bond acceptors (Lipinski definition) is 5. The lowest BCUT2D eigenvalue weighted by Crippen LogP contribution is -2.34. The summed E-state index contributed by atoms with van der Waals surface area (Å²) in [5.41, 5.74) is 7.25. The Labute approximate surface area is 128 Å². The van der Waals surface area contributed by atoms with Gasteiger partial charge >= 0.3 is 6.03 Å². The van der Waals surface area contributed by atoms with E-state index in [-0.39, 0.29) is 17.9 Å². The van der Waals surface area contributed by atoms with Crippen LogP contribution in [0.4, 0.5) is 16.3 Å². The second-order valence-electron chi connectivity index (χ2n) is 4.98. The highest BCUT2D eigenvalue weighted by atomic mass is 16.5. The zero-order valence-electron chi connectivity index (χ0n) is 12.8. The molecular formula is C15H19N5O2. The average molecular weight is 301 g/mol. The maximum atomic E-state index is 11.6. The lowest BCUT2D eigenvalue weighted by molar-refractivity contribution is 0.250. The fourth-order valence-corrected chi connectivity index (χ4v) is 1.81. The molecule has 1 aromatic carbocycles. The largest absolute Gasteiger partial charge is 0.491 e. The van der Waals surface area contributed by atoms with Crippen molar-refractivity contribution in [2.75, 3.05) is 18.2 Å². The van der Waals surface area contributed by atoms with Crippen molar-refractivity contribution < 1.29 is 9.53 Å². The third kappa shape index (κ3) is 3.85. The van der Waals surface area contributed by atoms with Gasteiger partial charge in [0, 0.05) is 17.3 Å². The van der Waals surface area contributed by atoms with Gasteiger partial charge in [-0.05, 0) is 38.1 Å². The van der Waals surface area contributed by atoms with Crippen LogP contribution in [0.5, 0.6) is 5.75 Å². The molecule has 22 heavy (non-hydrogen) atoms. The number of carbonyl (C=O) groups is 1. The van der Waals surface area contributed by atoms with Gasteiger partial charge in [0.25, 0.3) is 0 Å². The number of nitrogens with one attached hydrogen (secondary N) is 2. The predicted octanol–water partition coefficient (Wildman–Crippen LogP) is 2.26.